The van der Waals surface area contributed by atoms with Gasteiger partial charge in [0.15, 0.2) is 5.78 Å². The zero-order chi connectivity index (χ0) is 22.1. The number of ether oxygens (including phenoxy) is 2. The van der Waals surface area contributed by atoms with Crippen LogP contribution in [0.5, 0.6) is 0 Å². The molecule has 0 fully saturated rings. The summed E-state index contributed by atoms with van der Waals surface area (Å²) < 4.78 is 9.97. The molecule has 0 atom stereocenters. The highest BCUT2D eigenvalue weighted by Crippen LogP contribution is 2.23. The van der Waals surface area contributed by atoms with E-state index in [-0.39, 0.29) is 18.8 Å². The number of benzene rings is 2. The van der Waals surface area contributed by atoms with E-state index in [1.165, 1.54) is 0 Å². The van der Waals surface area contributed by atoms with Crippen LogP contribution in [0, 0.1) is 0 Å². The average molecular weight is 411 g/mol. The van der Waals surface area contributed by atoms with Crippen LogP contribution >= 0.6 is 0 Å². The summed E-state index contributed by atoms with van der Waals surface area (Å²) in [6, 6.07) is 16.4. The second kappa shape index (κ2) is 10.3. The number of ketones is 1. The lowest BCUT2D eigenvalue weighted by molar-refractivity contribution is -0.167. The first-order valence-corrected chi connectivity index (χ1v) is 9.66. The molecule has 30 heavy (non-hydrogen) atoms. The maximum Gasteiger partial charge on any atom is 0.344 e. The number of Topliss-reactive ketones (excluding diaryl/α,β-unsaturated/α-hetero) is 1. The molecule has 0 aliphatic carbocycles. The summed E-state index contributed by atoms with van der Waals surface area (Å²) in [7, 11) is 0. The quantitative estimate of drug-likeness (QED) is 0.387. The second-order valence-corrected chi connectivity index (χ2v) is 6.57. The number of carbonyl (C=O) groups excluding carboxylic acids is 4. The molecule has 0 aliphatic heterocycles. The Morgan fingerprint density at radius 3 is 1.77 bits per heavy atom. The van der Waals surface area contributed by atoms with Crippen LogP contribution in [0.15, 0.2) is 54.6 Å². The van der Waals surface area contributed by atoms with Gasteiger partial charge in [-0.3, -0.25) is 9.59 Å². The molecule has 0 saturated carbocycles. The lowest BCUT2D eigenvalue weighted by Gasteiger charge is -2.29. The fraction of sp³-hybridized carbons (Fsp3) is 0.304. The summed E-state index contributed by atoms with van der Waals surface area (Å²) in [5, 5.41) is 2.29. The summed E-state index contributed by atoms with van der Waals surface area (Å²) >= 11 is 0. The molecule has 7 heteroatoms. The molecule has 0 radical (unpaired) electrons. The van der Waals surface area contributed by atoms with Crippen LogP contribution in [0.1, 0.15) is 37.6 Å². The van der Waals surface area contributed by atoms with Crippen molar-refractivity contribution in [3.8, 4) is 11.1 Å². The number of rotatable bonds is 9. The van der Waals surface area contributed by atoms with Gasteiger partial charge in [0.1, 0.15) is 0 Å². The monoisotopic (exact) mass is 411 g/mol. The Bertz CT molecular complexity index is 887. The van der Waals surface area contributed by atoms with Crippen molar-refractivity contribution in [3.63, 3.8) is 0 Å². The van der Waals surface area contributed by atoms with Crippen LogP contribution in [0.2, 0.25) is 0 Å². The molecule has 0 heterocycles. The van der Waals surface area contributed by atoms with E-state index >= 15 is 0 Å². The third kappa shape index (κ3) is 5.31. The zero-order valence-electron chi connectivity index (χ0n) is 17.3. The first kappa shape index (κ1) is 22.8. The Balaban J connectivity index is 2.35. The molecule has 2 rings (SSSR count). The number of hydrogen-bond donors (Lipinski definition) is 1. The average Bonchev–Trinajstić information content (AvgIpc) is 2.74. The van der Waals surface area contributed by atoms with Crippen LogP contribution in [-0.2, 0) is 23.9 Å². The van der Waals surface area contributed by atoms with Gasteiger partial charge in [-0.2, -0.15) is 0 Å². The normalized spacial score (nSPS) is 10.8. The predicted molar refractivity (Wildman–Crippen MR) is 111 cm³/mol. The highest BCUT2D eigenvalue weighted by Gasteiger charge is 2.51. The molecule has 0 aromatic heterocycles. The smallest absolute Gasteiger partial charge is 0.344 e. The van der Waals surface area contributed by atoms with E-state index in [9.17, 15) is 19.2 Å². The molecule has 0 spiro atoms. The Labute approximate surface area is 175 Å². The first-order valence-electron chi connectivity index (χ1n) is 9.66. The van der Waals surface area contributed by atoms with Crippen LogP contribution < -0.4 is 5.32 Å². The topological polar surface area (TPSA) is 98.8 Å². The van der Waals surface area contributed by atoms with Gasteiger partial charge < -0.3 is 14.8 Å². The maximum absolute atomic E-state index is 12.9. The van der Waals surface area contributed by atoms with E-state index in [2.05, 4.69) is 5.32 Å². The number of esters is 2. The van der Waals surface area contributed by atoms with Crippen LogP contribution in [-0.4, -0.2) is 42.4 Å². The van der Waals surface area contributed by atoms with Gasteiger partial charge in [-0.05, 0) is 25.0 Å². The Hall–Kier alpha value is -3.48. The first-order chi connectivity index (χ1) is 14.3. The molecule has 1 amide bonds. The third-order valence-corrected chi connectivity index (χ3v) is 4.38. The van der Waals surface area contributed by atoms with Crippen molar-refractivity contribution in [3.05, 3.63) is 60.2 Å². The molecular weight excluding hydrogens is 386 g/mol. The Morgan fingerprint density at radius 1 is 0.800 bits per heavy atom. The summed E-state index contributed by atoms with van der Waals surface area (Å²) in [4.78, 5) is 50.0. The van der Waals surface area contributed by atoms with Gasteiger partial charge in [0.25, 0.3) is 0 Å². The van der Waals surface area contributed by atoms with Crippen molar-refractivity contribution in [1.29, 1.82) is 0 Å². The molecule has 0 aliphatic rings. The van der Waals surface area contributed by atoms with Crippen molar-refractivity contribution in [1.82, 2.24) is 5.32 Å². The summed E-state index contributed by atoms with van der Waals surface area (Å²) in [6.45, 7) is 4.21. The molecule has 1 N–H and O–H groups in total. The van der Waals surface area contributed by atoms with Gasteiger partial charge in [0, 0.05) is 12.5 Å². The highest BCUT2D eigenvalue weighted by molar-refractivity contribution is 6.13. The molecule has 0 saturated heterocycles. The lowest BCUT2D eigenvalue weighted by Crippen LogP contribution is -2.62. The van der Waals surface area contributed by atoms with Crippen molar-refractivity contribution in [2.24, 2.45) is 0 Å². The van der Waals surface area contributed by atoms with Crippen LogP contribution in [0.4, 0.5) is 0 Å². The van der Waals surface area contributed by atoms with E-state index in [0.717, 1.165) is 18.1 Å². The van der Waals surface area contributed by atoms with Gasteiger partial charge in [-0.15, -0.1) is 0 Å². The summed E-state index contributed by atoms with van der Waals surface area (Å²) in [6.07, 6.45) is -0.616. The van der Waals surface area contributed by atoms with E-state index in [4.69, 9.17) is 9.47 Å². The van der Waals surface area contributed by atoms with Gasteiger partial charge in [-0.1, -0.05) is 54.6 Å². The second-order valence-electron chi connectivity index (χ2n) is 6.57. The van der Waals surface area contributed by atoms with Crippen molar-refractivity contribution in [2.45, 2.75) is 32.7 Å². The number of carbonyl (C=O) groups is 4. The van der Waals surface area contributed by atoms with Gasteiger partial charge in [0.05, 0.1) is 19.6 Å². The standard InChI is InChI=1S/C23H25NO6/c1-4-29-21(27)23(24-16(3)25,22(28)30-5-2)15-20(26)19-13-11-18(12-14-19)17-9-7-6-8-10-17/h6-14H,4-5,15H2,1-3H3,(H,24,25). The number of amides is 1. The van der Waals surface area contributed by atoms with E-state index in [1.54, 1.807) is 38.1 Å². The van der Waals surface area contributed by atoms with E-state index < -0.39 is 35.6 Å². The fourth-order valence-corrected chi connectivity index (χ4v) is 3.01. The highest BCUT2D eigenvalue weighted by atomic mass is 16.6. The zero-order valence-corrected chi connectivity index (χ0v) is 17.3. The Kier molecular flexibility index (Phi) is 7.86. The van der Waals surface area contributed by atoms with Gasteiger partial charge in [-0.25, -0.2) is 9.59 Å². The minimum absolute atomic E-state index is 0.0282. The minimum Gasteiger partial charge on any atom is -0.464 e. The molecule has 2 aromatic rings. The van der Waals surface area contributed by atoms with Gasteiger partial charge in [0.2, 0.25) is 11.4 Å². The van der Waals surface area contributed by atoms with Gasteiger partial charge >= 0.3 is 11.9 Å². The number of nitrogens with one attached hydrogen (secondary N) is 1. The fourth-order valence-electron chi connectivity index (χ4n) is 3.01. The van der Waals surface area contributed by atoms with Crippen molar-refractivity contribution in [2.75, 3.05) is 13.2 Å². The van der Waals surface area contributed by atoms with Crippen molar-refractivity contribution >= 4 is 23.6 Å². The molecular formula is C23H25NO6. The maximum atomic E-state index is 12.9. The van der Waals surface area contributed by atoms with E-state index in [1.807, 2.05) is 30.3 Å². The lowest BCUT2D eigenvalue weighted by atomic mass is 9.89. The third-order valence-electron chi connectivity index (χ3n) is 4.38. The molecule has 0 unspecified atom stereocenters. The van der Waals surface area contributed by atoms with E-state index in [0.29, 0.717) is 0 Å². The van der Waals surface area contributed by atoms with Crippen LogP contribution in [0.3, 0.4) is 0 Å². The molecule has 158 valence electrons. The molecule has 2 aromatic carbocycles. The predicted octanol–water partition coefficient (Wildman–Crippen LogP) is 2.93. The number of hydrogen-bond acceptors (Lipinski definition) is 6. The largest absolute Gasteiger partial charge is 0.464 e. The van der Waals surface area contributed by atoms with Crippen molar-refractivity contribution < 1.29 is 28.7 Å². The Morgan fingerprint density at radius 2 is 1.30 bits per heavy atom. The summed E-state index contributed by atoms with van der Waals surface area (Å²) in [5.74, 6) is -3.24. The molecule has 0 bridgehead atoms. The minimum atomic E-state index is -2.24. The molecule has 7 nitrogen and oxygen atoms in total. The SMILES string of the molecule is CCOC(=O)C(CC(=O)c1ccc(-c2ccccc2)cc1)(NC(C)=O)C(=O)OCC. The summed E-state index contributed by atoms with van der Waals surface area (Å²) in [5.41, 5.74) is -0.0521. The van der Waals surface area contributed by atoms with Crippen LogP contribution in [0.25, 0.3) is 11.1 Å².